The maximum Gasteiger partial charge on any atom is 0.157 e. The Morgan fingerprint density at radius 3 is 2.57 bits per heavy atom. The van der Waals surface area contributed by atoms with Crippen molar-refractivity contribution in [1.29, 1.82) is 0 Å². The van der Waals surface area contributed by atoms with Crippen LogP contribution in [0.15, 0.2) is 59.1 Å². The molecule has 0 bridgehead atoms. The number of hydrogen-bond donors (Lipinski definition) is 0. The van der Waals surface area contributed by atoms with Crippen LogP contribution < -0.4 is 0 Å². The van der Waals surface area contributed by atoms with Crippen molar-refractivity contribution in [1.82, 2.24) is 4.98 Å². The number of aryl methyl sites for hydroxylation is 2. The summed E-state index contributed by atoms with van der Waals surface area (Å²) in [5, 5.41) is 6.10. The second-order valence-corrected chi connectivity index (χ2v) is 6.17. The lowest BCUT2D eigenvalue weighted by atomic mass is 9.99. The van der Waals surface area contributed by atoms with Crippen molar-refractivity contribution in [2.75, 3.05) is 0 Å². The van der Waals surface area contributed by atoms with Gasteiger partial charge in [-0.3, -0.25) is 4.98 Å². The van der Waals surface area contributed by atoms with Crippen molar-refractivity contribution >= 4 is 43.6 Å². The number of pyridine rings is 1. The third kappa shape index (κ3) is 1.61. The van der Waals surface area contributed by atoms with Gasteiger partial charge in [0.15, 0.2) is 5.58 Å². The van der Waals surface area contributed by atoms with Crippen molar-refractivity contribution in [3.63, 3.8) is 0 Å². The molecule has 0 fully saturated rings. The number of benzene rings is 3. The van der Waals surface area contributed by atoms with Gasteiger partial charge in [0.2, 0.25) is 0 Å². The van der Waals surface area contributed by atoms with Crippen LogP contribution in [-0.4, -0.2) is 4.98 Å². The van der Waals surface area contributed by atoms with Gasteiger partial charge in [-0.25, -0.2) is 0 Å². The molecule has 0 saturated carbocycles. The molecule has 3 aromatic carbocycles. The van der Waals surface area contributed by atoms with E-state index < -0.39 is 0 Å². The lowest BCUT2D eigenvalue weighted by molar-refractivity contribution is 0.664. The number of fused-ring (bicyclic) bond motifs is 7. The van der Waals surface area contributed by atoms with Crippen molar-refractivity contribution < 1.29 is 4.42 Å². The number of aromatic nitrogens is 1. The minimum Gasteiger partial charge on any atom is -0.454 e. The highest BCUT2D eigenvalue weighted by molar-refractivity contribution is 6.22. The molecule has 2 heteroatoms. The van der Waals surface area contributed by atoms with Gasteiger partial charge in [-0.05, 0) is 52.6 Å². The molecule has 0 unspecified atom stereocenters. The van der Waals surface area contributed by atoms with Crippen molar-refractivity contribution in [3.8, 4) is 0 Å². The molecule has 0 spiro atoms. The van der Waals surface area contributed by atoms with Gasteiger partial charge in [-0.2, -0.15) is 0 Å². The van der Waals surface area contributed by atoms with E-state index in [0.717, 1.165) is 27.6 Å². The van der Waals surface area contributed by atoms with Crippen molar-refractivity contribution in [2.24, 2.45) is 0 Å². The Morgan fingerprint density at radius 1 is 0.826 bits per heavy atom. The molecule has 0 radical (unpaired) electrons. The van der Waals surface area contributed by atoms with Crippen LogP contribution in [0, 0.1) is 13.8 Å². The molecule has 2 aromatic heterocycles. The van der Waals surface area contributed by atoms with E-state index in [9.17, 15) is 0 Å². The summed E-state index contributed by atoms with van der Waals surface area (Å²) in [6, 6.07) is 17.1. The largest absolute Gasteiger partial charge is 0.454 e. The van der Waals surface area contributed by atoms with E-state index in [2.05, 4.69) is 67.4 Å². The SMILES string of the molecule is Cc1cnc2c(oc3ccc4c5ccccc5ccc4c32)c1C. The van der Waals surface area contributed by atoms with E-state index in [1.54, 1.807) is 0 Å². The first-order valence-corrected chi connectivity index (χ1v) is 7.83. The lowest BCUT2D eigenvalue weighted by Gasteiger charge is -2.04. The van der Waals surface area contributed by atoms with Gasteiger partial charge in [0.1, 0.15) is 11.1 Å². The standard InChI is InChI=1S/C21H15NO/c1-12-11-22-20-19-17-8-7-14-5-3-4-6-15(14)16(17)9-10-18(19)23-21(20)13(12)2/h3-11H,1-2H3. The summed E-state index contributed by atoms with van der Waals surface area (Å²) in [6.45, 7) is 4.17. The topological polar surface area (TPSA) is 26.0 Å². The van der Waals surface area contributed by atoms with Gasteiger partial charge in [-0.15, -0.1) is 0 Å². The van der Waals surface area contributed by atoms with Crippen LogP contribution in [0.1, 0.15) is 11.1 Å². The molecule has 0 aliphatic rings. The number of hydrogen-bond acceptors (Lipinski definition) is 2. The fourth-order valence-corrected chi connectivity index (χ4v) is 3.48. The van der Waals surface area contributed by atoms with E-state index in [1.807, 2.05) is 6.20 Å². The zero-order valence-electron chi connectivity index (χ0n) is 13.1. The first-order valence-electron chi connectivity index (χ1n) is 7.83. The fraction of sp³-hybridized carbons (Fsp3) is 0.0952. The summed E-state index contributed by atoms with van der Waals surface area (Å²) >= 11 is 0. The third-order valence-electron chi connectivity index (χ3n) is 4.87. The van der Waals surface area contributed by atoms with Gasteiger partial charge in [0.25, 0.3) is 0 Å². The first-order chi connectivity index (χ1) is 11.2. The first kappa shape index (κ1) is 12.7. The Balaban J connectivity index is 2.07. The van der Waals surface area contributed by atoms with E-state index in [1.165, 1.54) is 27.1 Å². The molecular formula is C21H15NO. The quantitative estimate of drug-likeness (QED) is 0.332. The lowest BCUT2D eigenvalue weighted by Crippen LogP contribution is -1.84. The summed E-state index contributed by atoms with van der Waals surface area (Å²) in [5.41, 5.74) is 5.10. The number of rotatable bonds is 0. The molecule has 0 N–H and O–H groups in total. The maximum absolute atomic E-state index is 6.12. The molecule has 2 heterocycles. The Kier molecular flexibility index (Phi) is 2.38. The van der Waals surface area contributed by atoms with Crippen molar-refractivity contribution in [3.05, 3.63) is 65.9 Å². The Hall–Kier alpha value is -2.87. The Bertz CT molecular complexity index is 1230. The van der Waals surface area contributed by atoms with Gasteiger partial charge in [0.05, 0.1) is 5.39 Å². The highest BCUT2D eigenvalue weighted by Crippen LogP contribution is 2.37. The molecule has 5 aromatic rings. The summed E-state index contributed by atoms with van der Waals surface area (Å²) in [5.74, 6) is 0. The number of nitrogens with zero attached hydrogens (tertiary/aromatic N) is 1. The highest BCUT2D eigenvalue weighted by Gasteiger charge is 2.15. The summed E-state index contributed by atoms with van der Waals surface area (Å²) in [7, 11) is 0. The molecule has 0 aliphatic heterocycles. The molecule has 2 nitrogen and oxygen atoms in total. The molecule has 0 aliphatic carbocycles. The predicted octanol–water partition coefficient (Wildman–Crippen LogP) is 5.90. The van der Waals surface area contributed by atoms with Crippen LogP contribution in [0.4, 0.5) is 0 Å². The minimum absolute atomic E-state index is 0.903. The van der Waals surface area contributed by atoms with Crippen LogP contribution in [0.25, 0.3) is 43.6 Å². The van der Waals surface area contributed by atoms with E-state index in [4.69, 9.17) is 4.42 Å². The van der Waals surface area contributed by atoms with Crippen molar-refractivity contribution in [2.45, 2.75) is 13.8 Å². The van der Waals surface area contributed by atoms with Crippen LogP contribution in [0.5, 0.6) is 0 Å². The summed E-state index contributed by atoms with van der Waals surface area (Å²) in [6.07, 6.45) is 1.94. The fourth-order valence-electron chi connectivity index (χ4n) is 3.48. The smallest absolute Gasteiger partial charge is 0.157 e. The van der Waals surface area contributed by atoms with Crippen LogP contribution in [0.2, 0.25) is 0 Å². The molecule has 110 valence electrons. The van der Waals surface area contributed by atoms with Gasteiger partial charge < -0.3 is 4.42 Å². The van der Waals surface area contributed by atoms with Crippen LogP contribution >= 0.6 is 0 Å². The summed E-state index contributed by atoms with van der Waals surface area (Å²) in [4.78, 5) is 4.67. The average Bonchev–Trinajstić information content (AvgIpc) is 2.97. The molecular weight excluding hydrogens is 282 g/mol. The predicted molar refractivity (Wildman–Crippen MR) is 96.0 cm³/mol. The maximum atomic E-state index is 6.12. The van der Waals surface area contributed by atoms with Gasteiger partial charge in [-0.1, -0.05) is 42.5 Å². The monoisotopic (exact) mass is 297 g/mol. The zero-order chi connectivity index (χ0) is 15.6. The van der Waals surface area contributed by atoms with E-state index in [-0.39, 0.29) is 0 Å². The molecule has 0 saturated heterocycles. The zero-order valence-corrected chi connectivity index (χ0v) is 13.1. The summed E-state index contributed by atoms with van der Waals surface area (Å²) < 4.78 is 6.12. The normalized spacial score (nSPS) is 11.9. The van der Waals surface area contributed by atoms with Gasteiger partial charge in [0, 0.05) is 6.20 Å². The Morgan fingerprint density at radius 2 is 1.65 bits per heavy atom. The molecule has 23 heavy (non-hydrogen) atoms. The minimum atomic E-state index is 0.903. The van der Waals surface area contributed by atoms with Crippen LogP contribution in [0.3, 0.4) is 0 Å². The molecule has 5 rings (SSSR count). The van der Waals surface area contributed by atoms with E-state index >= 15 is 0 Å². The van der Waals surface area contributed by atoms with E-state index in [0.29, 0.717) is 0 Å². The highest BCUT2D eigenvalue weighted by atomic mass is 16.3. The van der Waals surface area contributed by atoms with Gasteiger partial charge >= 0.3 is 0 Å². The number of furan rings is 1. The second kappa shape index (κ2) is 4.32. The molecule has 0 amide bonds. The second-order valence-electron chi connectivity index (χ2n) is 6.17. The molecule has 0 atom stereocenters. The third-order valence-corrected chi connectivity index (χ3v) is 4.87. The van der Waals surface area contributed by atoms with Crippen LogP contribution in [-0.2, 0) is 0 Å². The average molecular weight is 297 g/mol. The Labute approximate surface area is 133 Å².